The Kier molecular flexibility index (Phi) is 5.74. The maximum absolute atomic E-state index is 2.44. The number of fused-ring (bicyclic) bond motifs is 7. The van der Waals surface area contributed by atoms with E-state index in [1.165, 1.54) is 79.5 Å². The molecule has 0 bridgehead atoms. The maximum atomic E-state index is 2.44. The first-order valence-corrected chi connectivity index (χ1v) is 16.1. The minimum absolute atomic E-state index is 0.182. The fourth-order valence-corrected chi connectivity index (χ4v) is 9.60. The Morgan fingerprint density at radius 3 is 2.25 bits per heavy atom. The number of hydrogen-bond donors (Lipinski definition) is 0. The van der Waals surface area contributed by atoms with E-state index in [1.54, 1.807) is 0 Å². The lowest BCUT2D eigenvalue weighted by Gasteiger charge is -2.27. The van der Waals surface area contributed by atoms with Crippen LogP contribution in [0.15, 0.2) is 70.6 Å². The number of aryl methyl sites for hydroxylation is 2. The van der Waals surface area contributed by atoms with E-state index in [4.69, 9.17) is 0 Å². The van der Waals surface area contributed by atoms with E-state index in [0.717, 1.165) is 12.8 Å². The molecular formula is C37H38NS2+. The molecule has 0 saturated heterocycles. The molecule has 0 radical (unpaired) electrons. The fraction of sp³-hybridized carbons (Fsp3) is 0.324. The van der Waals surface area contributed by atoms with Crippen LogP contribution in [0.4, 0.5) is 0 Å². The highest BCUT2D eigenvalue weighted by Crippen LogP contribution is 2.56. The van der Waals surface area contributed by atoms with E-state index in [2.05, 4.69) is 121 Å². The summed E-state index contributed by atoms with van der Waals surface area (Å²) in [4.78, 5) is 2.89. The number of thiophene rings is 1. The first-order valence-electron chi connectivity index (χ1n) is 14.4. The smallest absolute Gasteiger partial charge is 0.200 e. The summed E-state index contributed by atoms with van der Waals surface area (Å²) in [5.74, 6) is 0. The SMILES string of the molecule is Cc1c2c(c(CC(C)(C)C)c3sc4ccccc4c13)Sc1c3ccc(CC(C)(C)C)cc3cc3cc[n+](C)c-2c13. The molecule has 3 heteroatoms. The van der Waals surface area contributed by atoms with Crippen LogP contribution in [0.1, 0.15) is 58.2 Å². The quantitative estimate of drug-likeness (QED) is 0.150. The summed E-state index contributed by atoms with van der Waals surface area (Å²) in [5, 5.41) is 8.33. The monoisotopic (exact) mass is 560 g/mol. The topological polar surface area (TPSA) is 3.88 Å². The second-order valence-electron chi connectivity index (χ2n) is 14.2. The Hall–Kier alpha value is -2.88. The van der Waals surface area contributed by atoms with Gasteiger partial charge in [-0.05, 0) is 75.6 Å². The van der Waals surface area contributed by atoms with Crippen molar-refractivity contribution in [1.29, 1.82) is 0 Å². The molecule has 1 aliphatic rings. The van der Waals surface area contributed by atoms with Crippen molar-refractivity contribution in [2.24, 2.45) is 17.9 Å². The molecule has 6 aromatic rings. The summed E-state index contributed by atoms with van der Waals surface area (Å²) in [5.41, 5.74) is 7.62. The highest BCUT2D eigenvalue weighted by Gasteiger charge is 2.34. The van der Waals surface area contributed by atoms with Crippen molar-refractivity contribution in [3.8, 4) is 11.3 Å². The van der Waals surface area contributed by atoms with E-state index >= 15 is 0 Å². The summed E-state index contributed by atoms with van der Waals surface area (Å²) >= 11 is 4.02. The zero-order chi connectivity index (χ0) is 28.1. The Morgan fingerprint density at radius 2 is 1.50 bits per heavy atom. The van der Waals surface area contributed by atoms with Crippen molar-refractivity contribution >= 4 is 64.8 Å². The van der Waals surface area contributed by atoms with E-state index in [-0.39, 0.29) is 10.8 Å². The molecule has 1 nitrogen and oxygen atoms in total. The molecule has 1 aliphatic heterocycles. The molecule has 0 spiro atoms. The molecule has 0 atom stereocenters. The van der Waals surface area contributed by atoms with Crippen molar-refractivity contribution in [3.05, 3.63) is 77.5 Å². The van der Waals surface area contributed by atoms with Crippen LogP contribution in [-0.2, 0) is 19.9 Å². The normalized spacial score (nSPS) is 13.6. The van der Waals surface area contributed by atoms with Crippen LogP contribution >= 0.6 is 23.1 Å². The molecule has 0 unspecified atom stereocenters. The standard InChI is InChI=1S/C37H38NS2/c1-21-29-26-11-9-10-12-28(26)39-34(29)27(20-37(5,6)7)35-30(21)32-31-23(15-16-38(32)8)18-24-17-22(19-36(2,3)4)13-14-25(24)33(31)40-35/h9-18H,19-20H2,1-8H3/q+1. The number of aromatic nitrogens is 1. The van der Waals surface area contributed by atoms with Gasteiger partial charge in [0, 0.05) is 36.0 Å². The lowest BCUT2D eigenvalue weighted by Crippen LogP contribution is -2.32. The molecule has 0 fully saturated rings. The zero-order valence-corrected chi connectivity index (χ0v) is 26.6. The largest absolute Gasteiger partial charge is 0.222 e. The highest BCUT2D eigenvalue weighted by molar-refractivity contribution is 8.00. The Balaban J connectivity index is 1.61. The maximum Gasteiger partial charge on any atom is 0.222 e. The summed E-state index contributed by atoms with van der Waals surface area (Å²) in [7, 11) is 2.23. The van der Waals surface area contributed by atoms with Gasteiger partial charge in [-0.1, -0.05) is 89.7 Å². The van der Waals surface area contributed by atoms with E-state index in [1.807, 2.05) is 23.1 Å². The third kappa shape index (κ3) is 4.08. The molecule has 2 aromatic heterocycles. The van der Waals surface area contributed by atoms with E-state index in [9.17, 15) is 0 Å². The van der Waals surface area contributed by atoms with Gasteiger partial charge in [-0.3, -0.25) is 0 Å². The van der Waals surface area contributed by atoms with Gasteiger partial charge in [-0.15, -0.1) is 11.3 Å². The van der Waals surface area contributed by atoms with Crippen molar-refractivity contribution in [1.82, 2.24) is 0 Å². The Bertz CT molecular complexity index is 2010. The molecule has 0 N–H and O–H groups in total. The molecule has 202 valence electrons. The molecule has 4 aromatic carbocycles. The summed E-state index contributed by atoms with van der Waals surface area (Å²) in [6.07, 6.45) is 4.41. The number of nitrogens with zero attached hydrogens (tertiary/aromatic N) is 1. The van der Waals surface area contributed by atoms with Gasteiger partial charge in [-0.25, -0.2) is 4.57 Å². The number of rotatable bonds is 2. The van der Waals surface area contributed by atoms with Crippen molar-refractivity contribution in [3.63, 3.8) is 0 Å². The van der Waals surface area contributed by atoms with Gasteiger partial charge in [0.15, 0.2) is 6.20 Å². The first-order chi connectivity index (χ1) is 18.9. The molecule has 0 saturated carbocycles. The van der Waals surface area contributed by atoms with Gasteiger partial charge < -0.3 is 0 Å². The number of pyridine rings is 1. The van der Waals surface area contributed by atoms with Gasteiger partial charge in [0.2, 0.25) is 5.69 Å². The third-order valence-electron chi connectivity index (χ3n) is 8.26. The van der Waals surface area contributed by atoms with Crippen LogP contribution < -0.4 is 4.57 Å². The molecule has 3 heterocycles. The molecule has 0 amide bonds. The van der Waals surface area contributed by atoms with E-state index in [0.29, 0.717) is 0 Å². The second kappa shape index (κ2) is 8.81. The zero-order valence-electron chi connectivity index (χ0n) is 25.0. The second-order valence-corrected chi connectivity index (χ2v) is 16.3. The molecular weight excluding hydrogens is 523 g/mol. The molecule has 0 aliphatic carbocycles. The van der Waals surface area contributed by atoms with Gasteiger partial charge in [-0.2, -0.15) is 0 Å². The van der Waals surface area contributed by atoms with Crippen LogP contribution in [0, 0.1) is 17.8 Å². The number of hydrogen-bond acceptors (Lipinski definition) is 2. The summed E-state index contributed by atoms with van der Waals surface area (Å²) < 4.78 is 5.24. The van der Waals surface area contributed by atoms with Crippen LogP contribution in [0.5, 0.6) is 0 Å². The molecule has 40 heavy (non-hydrogen) atoms. The minimum atomic E-state index is 0.182. The number of benzene rings is 4. The third-order valence-corrected chi connectivity index (χ3v) is 10.8. The van der Waals surface area contributed by atoms with Crippen LogP contribution in [0.2, 0.25) is 0 Å². The predicted octanol–water partition coefficient (Wildman–Crippen LogP) is 10.8. The summed E-state index contributed by atoms with van der Waals surface area (Å²) in [6.45, 7) is 16.5. The van der Waals surface area contributed by atoms with Gasteiger partial charge in [0.05, 0.1) is 10.9 Å². The van der Waals surface area contributed by atoms with Crippen molar-refractivity contribution < 1.29 is 4.57 Å². The van der Waals surface area contributed by atoms with Gasteiger partial charge in [0.25, 0.3) is 0 Å². The Labute approximate surface area is 246 Å². The van der Waals surface area contributed by atoms with Crippen LogP contribution in [0.3, 0.4) is 0 Å². The fourth-order valence-electron chi connectivity index (χ4n) is 6.76. The van der Waals surface area contributed by atoms with Crippen molar-refractivity contribution in [2.75, 3.05) is 0 Å². The van der Waals surface area contributed by atoms with Crippen LogP contribution in [0.25, 0.3) is 53.0 Å². The van der Waals surface area contributed by atoms with Gasteiger partial charge >= 0.3 is 0 Å². The highest BCUT2D eigenvalue weighted by atomic mass is 32.2. The van der Waals surface area contributed by atoms with Crippen molar-refractivity contribution in [2.45, 2.75) is 71.1 Å². The van der Waals surface area contributed by atoms with Crippen LogP contribution in [-0.4, -0.2) is 0 Å². The van der Waals surface area contributed by atoms with Gasteiger partial charge in [0.1, 0.15) is 7.05 Å². The first kappa shape index (κ1) is 26.0. The average molecular weight is 561 g/mol. The lowest BCUT2D eigenvalue weighted by molar-refractivity contribution is -0.659. The molecule has 7 rings (SSSR count). The predicted molar refractivity (Wildman–Crippen MR) is 176 cm³/mol. The van der Waals surface area contributed by atoms with E-state index < -0.39 is 0 Å². The average Bonchev–Trinajstić information content (AvgIpc) is 3.26. The minimum Gasteiger partial charge on any atom is -0.200 e. The lowest BCUT2D eigenvalue weighted by atomic mass is 9.84. The Morgan fingerprint density at radius 1 is 0.750 bits per heavy atom. The summed E-state index contributed by atoms with van der Waals surface area (Å²) in [6, 6.07) is 20.9.